The zero-order chi connectivity index (χ0) is 42.3. The van der Waals surface area contributed by atoms with Crippen LogP contribution in [0.2, 0.25) is 87.6 Å². The standard InChI is InChI=1S/C44H90O8Si4/c1-43(2,3)55(13,14)49-29-21-17-19-23-37(47-35-45-31-33-53(7,8)9)39-25-27-41(51-39)42-28-26-40(52-42)38(48-36-46-32-34-54(10,11)12)24-20-18-22-30-50-56(15,16)44(4,5)6/h19-20,23-24,37-42H,17-18,21-22,25-36H2,1-16H3/b23-19+,24-20+/t37-,38-,39-,40-,41-,42-/m1/s1. The van der Waals surface area contributed by atoms with Crippen LogP contribution in [0.15, 0.2) is 24.3 Å². The fourth-order valence-electron chi connectivity index (χ4n) is 6.06. The van der Waals surface area contributed by atoms with Crippen LogP contribution in [0.1, 0.15) is 92.9 Å². The molecule has 0 unspecified atom stereocenters. The van der Waals surface area contributed by atoms with Gasteiger partial charge in [-0.2, -0.15) is 0 Å². The Labute approximate surface area is 350 Å². The lowest BCUT2D eigenvalue weighted by molar-refractivity contribution is -0.146. The van der Waals surface area contributed by atoms with Crippen molar-refractivity contribution in [1.82, 2.24) is 0 Å². The van der Waals surface area contributed by atoms with Gasteiger partial charge >= 0.3 is 0 Å². The second-order valence-electron chi connectivity index (χ2n) is 21.9. The molecule has 0 saturated carbocycles. The molecule has 2 saturated heterocycles. The highest BCUT2D eigenvalue weighted by atomic mass is 28.4. The zero-order valence-electron chi connectivity index (χ0n) is 39.4. The zero-order valence-corrected chi connectivity index (χ0v) is 43.4. The minimum Gasteiger partial charge on any atom is -0.417 e. The van der Waals surface area contributed by atoms with Crippen LogP contribution in [0.3, 0.4) is 0 Å². The molecule has 0 bridgehead atoms. The number of hydrogen-bond donors (Lipinski definition) is 0. The predicted octanol–water partition coefficient (Wildman–Crippen LogP) is 12.2. The van der Waals surface area contributed by atoms with Gasteiger partial charge in [-0.1, -0.05) is 105 Å². The van der Waals surface area contributed by atoms with Crippen LogP contribution in [-0.2, 0) is 37.3 Å². The van der Waals surface area contributed by atoms with Crippen LogP contribution in [0.4, 0.5) is 0 Å². The number of rotatable bonds is 27. The van der Waals surface area contributed by atoms with E-state index < -0.39 is 32.8 Å². The molecule has 0 spiro atoms. The summed E-state index contributed by atoms with van der Waals surface area (Å²) in [6, 6.07) is 2.26. The SMILES string of the molecule is CC(C)(C)[Si](C)(C)OCCC/C=C/[C@@H](OCOCC[Si](C)(C)C)[C@H]1CC[C@H]([C@H]2CC[C@H]([C@@H](/C=C/CCCO[Si](C)(C)C(C)(C)C)OCOCC[Si](C)(C)C)O2)O1. The van der Waals surface area contributed by atoms with Crippen molar-refractivity contribution in [2.75, 3.05) is 40.0 Å². The molecule has 6 atom stereocenters. The maximum Gasteiger partial charge on any atom is 0.191 e. The highest BCUT2D eigenvalue weighted by molar-refractivity contribution is 6.76. The molecule has 12 heteroatoms. The van der Waals surface area contributed by atoms with Gasteiger partial charge in [0.05, 0.1) is 24.4 Å². The molecule has 8 nitrogen and oxygen atoms in total. The molecule has 2 aliphatic rings. The van der Waals surface area contributed by atoms with E-state index in [1.54, 1.807) is 0 Å². The molecule has 2 heterocycles. The minimum atomic E-state index is -1.73. The first kappa shape index (κ1) is 52.2. The van der Waals surface area contributed by atoms with Crippen LogP contribution in [0.25, 0.3) is 0 Å². The van der Waals surface area contributed by atoms with Gasteiger partial charge in [0.25, 0.3) is 0 Å². The lowest BCUT2D eigenvalue weighted by atomic mass is 10.0. The largest absolute Gasteiger partial charge is 0.417 e. The highest BCUT2D eigenvalue weighted by Gasteiger charge is 2.42. The predicted molar refractivity (Wildman–Crippen MR) is 247 cm³/mol. The third-order valence-corrected chi connectivity index (χ3v) is 24.7. The van der Waals surface area contributed by atoms with Gasteiger partial charge in [0, 0.05) is 42.6 Å². The molecule has 2 fully saturated rings. The minimum absolute atomic E-state index is 0.0248. The second kappa shape index (κ2) is 23.9. The van der Waals surface area contributed by atoms with Crippen LogP contribution in [-0.4, -0.2) is 109 Å². The van der Waals surface area contributed by atoms with Crippen molar-refractivity contribution in [2.45, 2.75) is 217 Å². The van der Waals surface area contributed by atoms with Crippen LogP contribution in [0, 0.1) is 0 Å². The normalized spacial score (nSPS) is 23.2. The van der Waals surface area contributed by atoms with Crippen LogP contribution >= 0.6 is 0 Å². The highest BCUT2D eigenvalue weighted by Crippen LogP contribution is 2.38. The summed E-state index contributed by atoms with van der Waals surface area (Å²) in [7, 11) is -5.80. The Morgan fingerprint density at radius 1 is 0.536 bits per heavy atom. The van der Waals surface area contributed by atoms with Gasteiger partial charge in [-0.25, -0.2) is 0 Å². The molecule has 0 aromatic rings. The van der Waals surface area contributed by atoms with Crippen molar-refractivity contribution >= 4 is 32.8 Å². The third-order valence-electron chi connectivity index (χ3n) is 12.2. The summed E-state index contributed by atoms with van der Waals surface area (Å²) in [6.07, 6.45) is 16.3. The Bertz CT molecular complexity index is 1050. The van der Waals surface area contributed by atoms with Crippen molar-refractivity contribution in [1.29, 1.82) is 0 Å². The first-order valence-corrected chi connectivity index (χ1v) is 35.4. The lowest BCUT2D eigenvalue weighted by Crippen LogP contribution is -2.40. The molecule has 56 heavy (non-hydrogen) atoms. The van der Waals surface area contributed by atoms with Gasteiger partial charge in [0.1, 0.15) is 25.8 Å². The maximum atomic E-state index is 6.77. The molecule has 0 radical (unpaired) electrons. The number of ether oxygens (including phenoxy) is 6. The number of unbranched alkanes of at least 4 members (excludes halogenated alkanes) is 2. The summed E-state index contributed by atoms with van der Waals surface area (Å²) in [5.74, 6) is 0. The van der Waals surface area contributed by atoms with E-state index in [-0.39, 0.29) is 60.3 Å². The summed E-state index contributed by atoms with van der Waals surface area (Å²) in [5.41, 5.74) is 0. The molecule has 2 aliphatic heterocycles. The Balaban J connectivity index is 1.99. The second-order valence-corrected chi connectivity index (χ2v) is 42.7. The van der Waals surface area contributed by atoms with E-state index in [1.165, 1.54) is 0 Å². The Hall–Kier alpha value is 0.0275. The van der Waals surface area contributed by atoms with E-state index in [9.17, 15) is 0 Å². The van der Waals surface area contributed by atoms with E-state index in [2.05, 4.69) is 131 Å². The summed E-state index contributed by atoms with van der Waals surface area (Å²) in [6.45, 7) is 41.0. The Morgan fingerprint density at radius 3 is 1.21 bits per heavy atom. The first-order chi connectivity index (χ1) is 25.8. The number of hydrogen-bond acceptors (Lipinski definition) is 8. The topological polar surface area (TPSA) is 73.8 Å². The lowest BCUT2D eigenvalue weighted by Gasteiger charge is -2.36. The molecule has 0 N–H and O–H groups in total. The summed E-state index contributed by atoms with van der Waals surface area (Å²) >= 11 is 0. The number of allylic oxidation sites excluding steroid dienone is 2. The molecule has 0 aromatic heterocycles. The molecule has 2 rings (SSSR count). The van der Waals surface area contributed by atoms with Crippen molar-refractivity contribution in [2.24, 2.45) is 0 Å². The van der Waals surface area contributed by atoms with Crippen molar-refractivity contribution in [3.05, 3.63) is 24.3 Å². The Morgan fingerprint density at radius 2 is 0.893 bits per heavy atom. The van der Waals surface area contributed by atoms with Gasteiger partial charge in [0.2, 0.25) is 0 Å². The van der Waals surface area contributed by atoms with E-state index in [4.69, 9.17) is 37.3 Å². The van der Waals surface area contributed by atoms with E-state index >= 15 is 0 Å². The smallest absolute Gasteiger partial charge is 0.191 e. The van der Waals surface area contributed by atoms with E-state index in [0.717, 1.165) is 89.9 Å². The van der Waals surface area contributed by atoms with Gasteiger partial charge in [-0.05, 0) is 99.7 Å². The first-order valence-electron chi connectivity index (χ1n) is 22.1. The monoisotopic (exact) mass is 859 g/mol. The average Bonchev–Trinajstić information content (AvgIpc) is 3.74. The van der Waals surface area contributed by atoms with Gasteiger partial charge in [0.15, 0.2) is 16.6 Å². The quantitative estimate of drug-likeness (QED) is 0.0350. The fourth-order valence-corrected chi connectivity index (χ4v) is 9.75. The summed E-state index contributed by atoms with van der Waals surface area (Å²) in [4.78, 5) is 0. The van der Waals surface area contributed by atoms with Crippen LogP contribution < -0.4 is 0 Å². The van der Waals surface area contributed by atoms with Crippen molar-refractivity contribution in [3.8, 4) is 0 Å². The average molecular weight is 860 g/mol. The molecular weight excluding hydrogens is 769 g/mol. The van der Waals surface area contributed by atoms with E-state index in [0.29, 0.717) is 0 Å². The third kappa shape index (κ3) is 20.5. The summed E-state index contributed by atoms with van der Waals surface area (Å²) < 4.78 is 51.1. The van der Waals surface area contributed by atoms with Gasteiger partial charge in [-0.15, -0.1) is 0 Å². The van der Waals surface area contributed by atoms with E-state index in [1.807, 2.05) is 0 Å². The molecular formula is C44H90O8Si4. The Kier molecular flexibility index (Phi) is 22.2. The molecule has 330 valence electrons. The van der Waals surface area contributed by atoms with Crippen LogP contribution in [0.5, 0.6) is 0 Å². The maximum absolute atomic E-state index is 6.77. The van der Waals surface area contributed by atoms with Crippen molar-refractivity contribution in [3.63, 3.8) is 0 Å². The molecule has 0 aromatic carbocycles. The van der Waals surface area contributed by atoms with Gasteiger partial charge < -0.3 is 37.3 Å². The van der Waals surface area contributed by atoms with Crippen molar-refractivity contribution < 1.29 is 37.3 Å². The van der Waals surface area contributed by atoms with Gasteiger partial charge in [-0.3, -0.25) is 0 Å². The molecule has 0 amide bonds. The summed E-state index contributed by atoms with van der Waals surface area (Å²) in [5, 5.41) is 0.451. The fraction of sp³-hybridized carbons (Fsp3) is 0.909. The molecule has 0 aliphatic carbocycles.